The van der Waals surface area contributed by atoms with Crippen LogP contribution in [0.2, 0.25) is 5.02 Å². The lowest BCUT2D eigenvalue weighted by atomic mass is 9.76. The molecule has 10 heteroatoms. The van der Waals surface area contributed by atoms with Crippen LogP contribution in [-0.2, 0) is 21.7 Å². The predicted molar refractivity (Wildman–Crippen MR) is 175 cm³/mol. The number of rotatable bonds is 12. The number of unbranched alkanes of at least 4 members (excludes halogenated alkanes) is 1. The van der Waals surface area contributed by atoms with E-state index in [0.29, 0.717) is 17.5 Å². The fraction of sp³-hybridized carbons (Fsp3) is 0.297. The third-order valence-electron chi connectivity index (χ3n) is 8.29. The Hall–Kier alpha value is -4.65. The van der Waals surface area contributed by atoms with Crippen molar-refractivity contribution in [3.63, 3.8) is 0 Å². The molecule has 0 unspecified atom stereocenters. The lowest BCUT2D eigenvalue weighted by Gasteiger charge is -2.38. The first-order chi connectivity index (χ1) is 22.7. The Morgan fingerprint density at radius 3 is 2.43 bits per heavy atom. The Kier molecular flexibility index (Phi) is 10.6. The van der Waals surface area contributed by atoms with Crippen molar-refractivity contribution in [2.24, 2.45) is 0 Å². The second-order valence-corrected chi connectivity index (χ2v) is 11.7. The van der Waals surface area contributed by atoms with Gasteiger partial charge in [-0.2, -0.15) is 5.26 Å². The summed E-state index contributed by atoms with van der Waals surface area (Å²) in [7, 11) is 2.89. The van der Waals surface area contributed by atoms with Crippen LogP contribution < -0.4 is 9.47 Å². The van der Waals surface area contributed by atoms with Crippen LogP contribution in [-0.4, -0.2) is 44.9 Å². The van der Waals surface area contributed by atoms with Crippen LogP contribution >= 0.6 is 11.6 Å². The Morgan fingerprint density at radius 1 is 1.06 bits per heavy atom. The van der Waals surface area contributed by atoms with Gasteiger partial charge in [-0.1, -0.05) is 85.6 Å². The molecule has 0 N–H and O–H groups in total. The first kappa shape index (κ1) is 33.7. The number of carbonyl (C=O) groups excluding carboxylic acids is 1. The summed E-state index contributed by atoms with van der Waals surface area (Å²) in [6.07, 6.45) is 0.993. The Morgan fingerprint density at radius 2 is 1.77 bits per heavy atom. The Labute approximate surface area is 278 Å². The predicted octanol–water partition coefficient (Wildman–Crippen LogP) is 8.62. The average molecular weight is 661 g/mol. The van der Waals surface area contributed by atoms with E-state index in [1.54, 1.807) is 7.05 Å². The highest BCUT2D eigenvalue weighted by molar-refractivity contribution is 6.34. The van der Waals surface area contributed by atoms with Gasteiger partial charge in [-0.3, -0.25) is 0 Å². The van der Waals surface area contributed by atoms with E-state index in [9.17, 15) is 10.1 Å². The molecular formula is C37H35ClF2N2O5. The number of benzene rings is 4. The number of nitrogens with zero attached hydrogens (tertiary/aromatic N) is 2. The molecule has 244 valence electrons. The fourth-order valence-electron chi connectivity index (χ4n) is 5.98. The number of hydrogen-bond donors (Lipinski definition) is 0. The van der Waals surface area contributed by atoms with Crippen LogP contribution in [0.25, 0.3) is 11.1 Å². The molecule has 1 aliphatic heterocycles. The van der Waals surface area contributed by atoms with Crippen molar-refractivity contribution in [2.75, 3.05) is 33.9 Å². The molecule has 4 aromatic rings. The van der Waals surface area contributed by atoms with E-state index in [1.807, 2.05) is 73.7 Å². The number of methoxy groups -OCH3 is 1. The van der Waals surface area contributed by atoms with E-state index in [1.165, 1.54) is 24.1 Å². The molecule has 0 aliphatic carbocycles. The molecular weight excluding hydrogens is 626 g/mol. The largest absolute Gasteiger partial charge is 0.494 e. The summed E-state index contributed by atoms with van der Waals surface area (Å²) >= 11 is 6.70. The van der Waals surface area contributed by atoms with Gasteiger partial charge in [-0.25, -0.2) is 13.6 Å². The number of ether oxygens (including phenoxy) is 4. The summed E-state index contributed by atoms with van der Waals surface area (Å²) < 4.78 is 55.7. The molecule has 1 heterocycles. The lowest BCUT2D eigenvalue weighted by molar-refractivity contribution is -0.00808. The van der Waals surface area contributed by atoms with Gasteiger partial charge in [-0.15, -0.1) is 0 Å². The smallest absolute Gasteiger partial charge is 0.409 e. The molecule has 1 amide bonds. The van der Waals surface area contributed by atoms with Crippen molar-refractivity contribution in [2.45, 2.75) is 37.9 Å². The van der Waals surface area contributed by atoms with Crippen molar-refractivity contribution in [3.05, 3.63) is 118 Å². The third-order valence-corrected chi connectivity index (χ3v) is 8.66. The number of hydrogen-bond acceptors (Lipinski definition) is 6. The summed E-state index contributed by atoms with van der Waals surface area (Å²) in [6.45, 7) is 2.43. The van der Waals surface area contributed by atoms with E-state index in [0.717, 1.165) is 18.1 Å². The highest BCUT2D eigenvalue weighted by atomic mass is 35.5. The van der Waals surface area contributed by atoms with Gasteiger partial charge in [0.25, 0.3) is 0 Å². The van der Waals surface area contributed by atoms with Gasteiger partial charge < -0.3 is 23.8 Å². The maximum atomic E-state index is 16.2. The van der Waals surface area contributed by atoms with Crippen molar-refractivity contribution >= 4 is 17.7 Å². The van der Waals surface area contributed by atoms with Crippen LogP contribution in [0.15, 0.2) is 78.9 Å². The second kappa shape index (κ2) is 14.8. The minimum atomic E-state index is -1.37. The molecule has 0 bridgehead atoms. The van der Waals surface area contributed by atoms with E-state index in [-0.39, 0.29) is 59.6 Å². The van der Waals surface area contributed by atoms with Gasteiger partial charge in [0.2, 0.25) is 0 Å². The first-order valence-electron chi connectivity index (χ1n) is 15.3. The molecule has 7 nitrogen and oxygen atoms in total. The minimum Gasteiger partial charge on any atom is -0.494 e. The van der Waals surface area contributed by atoms with Crippen molar-refractivity contribution in [1.82, 2.24) is 4.90 Å². The van der Waals surface area contributed by atoms with E-state index >= 15 is 8.78 Å². The van der Waals surface area contributed by atoms with Crippen LogP contribution in [0.3, 0.4) is 0 Å². The van der Waals surface area contributed by atoms with E-state index in [2.05, 4.69) is 0 Å². The minimum absolute atomic E-state index is 0.00204. The van der Waals surface area contributed by atoms with Gasteiger partial charge in [-0.05, 0) is 29.7 Å². The molecule has 0 saturated carbocycles. The summed E-state index contributed by atoms with van der Waals surface area (Å²) in [6, 6.07) is 24.6. The molecule has 4 aromatic carbocycles. The maximum absolute atomic E-state index is 16.2. The Bertz CT molecular complexity index is 1770. The average Bonchev–Trinajstić information content (AvgIpc) is 3.39. The zero-order valence-corrected chi connectivity index (χ0v) is 27.2. The molecule has 47 heavy (non-hydrogen) atoms. The number of halogens is 3. The van der Waals surface area contributed by atoms with Gasteiger partial charge in [0.1, 0.15) is 11.6 Å². The van der Waals surface area contributed by atoms with Crippen LogP contribution in [0.5, 0.6) is 11.5 Å². The summed E-state index contributed by atoms with van der Waals surface area (Å²) in [5.74, 6) is -2.59. The van der Waals surface area contributed by atoms with Crippen LogP contribution in [0.4, 0.5) is 13.6 Å². The molecule has 0 fully saturated rings. The summed E-state index contributed by atoms with van der Waals surface area (Å²) in [5, 5.41) is 9.66. The van der Waals surface area contributed by atoms with Crippen molar-refractivity contribution < 1.29 is 32.5 Å². The normalized spacial score (nSPS) is 16.6. The highest BCUT2D eigenvalue weighted by Crippen LogP contribution is 2.57. The fourth-order valence-corrected chi connectivity index (χ4v) is 6.23. The van der Waals surface area contributed by atoms with Crippen molar-refractivity contribution in [1.29, 1.82) is 5.26 Å². The topological polar surface area (TPSA) is 81.0 Å². The van der Waals surface area contributed by atoms with E-state index < -0.39 is 29.2 Å². The number of fused-ring (bicyclic) bond motifs is 1. The highest BCUT2D eigenvalue weighted by Gasteiger charge is 2.53. The molecule has 0 spiro atoms. The number of likely N-dealkylation sites (N-methyl/N-ethyl adjacent to an activating group) is 1. The molecule has 0 aromatic heterocycles. The van der Waals surface area contributed by atoms with Crippen LogP contribution in [0.1, 0.15) is 47.9 Å². The van der Waals surface area contributed by atoms with Crippen LogP contribution in [0, 0.1) is 23.0 Å². The monoisotopic (exact) mass is 660 g/mol. The summed E-state index contributed by atoms with van der Waals surface area (Å²) in [4.78, 5) is 14.6. The zero-order valence-electron chi connectivity index (χ0n) is 26.4. The van der Waals surface area contributed by atoms with Gasteiger partial charge in [0.05, 0.1) is 56.0 Å². The molecule has 1 aliphatic rings. The van der Waals surface area contributed by atoms with E-state index in [4.69, 9.17) is 30.5 Å². The van der Waals surface area contributed by atoms with Gasteiger partial charge in [0, 0.05) is 29.8 Å². The van der Waals surface area contributed by atoms with Gasteiger partial charge >= 0.3 is 6.09 Å². The number of carbonyl (C=O) groups is 1. The SMILES string of the molecule is CCCCOC(=O)N(C)C[C@]1(c2ccccc2)Oc2cc(F)c(Cl)c(-c3c(C#N)ccc(OC)c3F)c2[C@@H]1COCc1ccccc1. The lowest BCUT2D eigenvalue weighted by Crippen LogP contribution is -2.48. The number of nitriles is 1. The molecule has 0 saturated heterocycles. The second-order valence-electron chi connectivity index (χ2n) is 11.3. The third kappa shape index (κ3) is 6.76. The molecule has 2 atom stereocenters. The van der Waals surface area contributed by atoms with Gasteiger partial charge in [0.15, 0.2) is 17.2 Å². The zero-order chi connectivity index (χ0) is 33.6. The summed E-state index contributed by atoms with van der Waals surface area (Å²) in [5.41, 5.74) is 0.200. The molecule has 0 radical (unpaired) electrons. The molecule has 5 rings (SSSR count). The maximum Gasteiger partial charge on any atom is 0.409 e. The Balaban J connectivity index is 1.72. The first-order valence-corrected chi connectivity index (χ1v) is 15.7. The number of amides is 1. The standard InChI is InChI=1S/C37H35ClF2N2O5/c1-4-5-18-46-36(43)42(2)23-37(26-14-10-7-11-15-26)27(22-45-21-24-12-8-6-9-13-24)32-30(47-37)19-28(39)34(38)33(32)31-25(20-41)16-17-29(44-3)35(31)40/h6-17,19,27H,4-5,18,21-23H2,1-3H3/t27-,37+/m0/s1. The quantitative estimate of drug-likeness (QED) is 0.142. The van der Waals surface area contributed by atoms with Crippen molar-refractivity contribution in [3.8, 4) is 28.7 Å².